The number of hydrogen-bond donors (Lipinski definition) is 2. The average molecular weight is 483 g/mol. The first kappa shape index (κ1) is 23.3. The van der Waals surface area contributed by atoms with Gasteiger partial charge in [-0.05, 0) is 57.5 Å². The monoisotopic (exact) mass is 482 g/mol. The zero-order valence-corrected chi connectivity index (χ0v) is 19.7. The van der Waals surface area contributed by atoms with Gasteiger partial charge in [-0.2, -0.15) is 0 Å². The van der Waals surface area contributed by atoms with Crippen molar-refractivity contribution < 1.29 is 0 Å². The van der Waals surface area contributed by atoms with Gasteiger partial charge in [0.2, 0.25) is 0 Å². The van der Waals surface area contributed by atoms with Crippen molar-refractivity contribution in [1.82, 2.24) is 0 Å². The number of rotatable bonds is 5. The van der Waals surface area contributed by atoms with E-state index < -0.39 is 0 Å². The van der Waals surface area contributed by atoms with Gasteiger partial charge in [0, 0.05) is 22.3 Å². The molecule has 0 bridgehead atoms. The number of allylic oxidation sites excluding steroid dienone is 3. The zero-order chi connectivity index (χ0) is 22.8. The maximum absolute atomic E-state index is 5.97. The first-order valence-electron chi connectivity index (χ1n) is 10.4. The number of hydrogen-bond acceptors (Lipinski definition) is 2. The summed E-state index contributed by atoms with van der Waals surface area (Å²) in [6.07, 6.45) is 3.83. The van der Waals surface area contributed by atoms with Gasteiger partial charge in [0.25, 0.3) is 0 Å². The lowest BCUT2D eigenvalue weighted by atomic mass is 9.97. The minimum atomic E-state index is 1.01. The van der Waals surface area contributed by atoms with Gasteiger partial charge in [-0.3, -0.25) is 4.76 Å². The quantitative estimate of drug-likeness (QED) is 0.226. The van der Waals surface area contributed by atoms with Crippen LogP contribution in [0.5, 0.6) is 0 Å². The molecule has 0 atom stereocenters. The van der Waals surface area contributed by atoms with E-state index in [-0.39, 0.29) is 0 Å². The molecule has 4 aromatic carbocycles. The molecule has 0 heterocycles. The lowest BCUT2D eigenvalue weighted by Crippen LogP contribution is -1.89. The van der Waals surface area contributed by atoms with Crippen molar-refractivity contribution in [2.24, 2.45) is 10.5 Å². The van der Waals surface area contributed by atoms with Crippen molar-refractivity contribution in [1.29, 1.82) is 0 Å². The third-order valence-electron chi connectivity index (χ3n) is 5.32. The van der Waals surface area contributed by atoms with Crippen LogP contribution in [0.1, 0.15) is 18.1 Å². The van der Waals surface area contributed by atoms with E-state index in [2.05, 4.69) is 131 Å². The summed E-state index contributed by atoms with van der Waals surface area (Å²) in [4.78, 5) is 0. The number of halogens is 1. The molecule has 0 amide bonds. The van der Waals surface area contributed by atoms with Crippen molar-refractivity contribution >= 4 is 27.3 Å². The summed E-state index contributed by atoms with van der Waals surface area (Å²) in [5, 5.41) is 0. The molecule has 0 radical (unpaired) electrons. The van der Waals surface area contributed by atoms with Crippen molar-refractivity contribution in [2.75, 3.05) is 0 Å². The third kappa shape index (κ3) is 5.85. The van der Waals surface area contributed by atoms with E-state index in [1.54, 1.807) is 6.20 Å². The molecule has 0 aliphatic carbocycles. The fourth-order valence-electron chi connectivity index (χ4n) is 3.59. The molecular weight excluding hydrogens is 456 g/mol. The summed E-state index contributed by atoms with van der Waals surface area (Å²) >= 11 is 2.44. The van der Waals surface area contributed by atoms with Gasteiger partial charge in [-0.15, -0.1) is 0 Å². The van der Waals surface area contributed by atoms with Crippen LogP contribution in [0.4, 0.5) is 0 Å². The van der Waals surface area contributed by atoms with Gasteiger partial charge < -0.3 is 5.73 Å². The van der Waals surface area contributed by atoms with Crippen molar-refractivity contribution in [3.05, 3.63) is 133 Å². The van der Waals surface area contributed by atoms with Crippen LogP contribution < -0.4 is 10.5 Å². The minimum Gasteiger partial charge on any atom is -0.404 e. The van der Waals surface area contributed by atoms with Crippen LogP contribution in [0.2, 0.25) is 0 Å². The second kappa shape index (κ2) is 11.8. The summed E-state index contributed by atoms with van der Waals surface area (Å²) in [6, 6.07) is 38.1. The Balaban J connectivity index is 0.00000141. The van der Waals surface area contributed by atoms with Crippen molar-refractivity contribution in [2.45, 2.75) is 6.92 Å². The Hall–Kier alpha value is -3.40. The standard InChI is InChI=1S/C29H25N.BrH2N/c1-22(23-12-14-26(15-13-23)24-8-4-2-5-9-24)20-29(21-30)28-18-16-27(17-19-28)25-10-6-3-7-11-25;1-2/h2-21H,30H2,1H3;2H2/b22-20+,29-21+;. The van der Waals surface area contributed by atoms with Gasteiger partial charge in [0.05, 0.1) is 0 Å². The fourth-order valence-corrected chi connectivity index (χ4v) is 3.59. The van der Waals surface area contributed by atoms with Gasteiger partial charge in [0.1, 0.15) is 0 Å². The lowest BCUT2D eigenvalue weighted by Gasteiger charge is -2.09. The molecule has 0 aromatic heterocycles. The summed E-state index contributed by atoms with van der Waals surface area (Å²) in [5.41, 5.74) is 15.3. The zero-order valence-electron chi connectivity index (χ0n) is 18.1. The molecule has 4 N–H and O–H groups in total. The predicted molar refractivity (Wildman–Crippen MR) is 143 cm³/mol. The predicted octanol–water partition coefficient (Wildman–Crippen LogP) is 7.68. The van der Waals surface area contributed by atoms with Crippen molar-refractivity contribution in [3.8, 4) is 22.3 Å². The molecule has 0 aliphatic heterocycles. The molecule has 0 saturated heterocycles. The van der Waals surface area contributed by atoms with Crippen LogP contribution in [0.25, 0.3) is 33.4 Å². The Morgan fingerprint density at radius 1 is 0.562 bits per heavy atom. The molecule has 4 rings (SSSR count). The van der Waals surface area contributed by atoms with Crippen LogP contribution in [-0.4, -0.2) is 0 Å². The lowest BCUT2D eigenvalue weighted by molar-refractivity contribution is 1.52. The highest BCUT2D eigenvalue weighted by atomic mass is 79.9. The molecule has 160 valence electrons. The van der Waals surface area contributed by atoms with Gasteiger partial charge in [-0.25, -0.2) is 0 Å². The van der Waals surface area contributed by atoms with E-state index in [0.717, 1.165) is 11.1 Å². The maximum atomic E-state index is 5.97. The molecule has 0 spiro atoms. The van der Waals surface area contributed by atoms with E-state index in [4.69, 9.17) is 5.73 Å². The van der Waals surface area contributed by atoms with E-state index >= 15 is 0 Å². The summed E-state index contributed by atoms with van der Waals surface area (Å²) in [7, 11) is 0. The van der Waals surface area contributed by atoms with Crippen molar-refractivity contribution in [3.63, 3.8) is 0 Å². The molecule has 32 heavy (non-hydrogen) atoms. The largest absolute Gasteiger partial charge is 0.404 e. The van der Waals surface area contributed by atoms with E-state index in [1.165, 1.54) is 33.4 Å². The topological polar surface area (TPSA) is 52.0 Å². The average Bonchev–Trinajstić information content (AvgIpc) is 2.89. The SMILES string of the molecule is C/C(=C\C(=C/N)c1ccc(-c2ccccc2)cc1)c1ccc(-c2ccccc2)cc1.NBr. The molecule has 3 heteroatoms. The van der Waals surface area contributed by atoms with Crippen LogP contribution in [0.3, 0.4) is 0 Å². The molecule has 0 fully saturated rings. The highest BCUT2D eigenvalue weighted by Crippen LogP contribution is 2.27. The second-order valence-electron chi connectivity index (χ2n) is 7.34. The van der Waals surface area contributed by atoms with Crippen LogP contribution >= 0.6 is 16.1 Å². The minimum absolute atomic E-state index is 1.01. The molecule has 2 nitrogen and oxygen atoms in total. The summed E-state index contributed by atoms with van der Waals surface area (Å²) in [5.74, 6) is 0. The molecule has 0 unspecified atom stereocenters. The molecule has 0 saturated carbocycles. The normalized spacial score (nSPS) is 11.5. The highest BCUT2D eigenvalue weighted by Gasteiger charge is 2.04. The molecule has 4 aromatic rings. The number of benzene rings is 4. The smallest absolute Gasteiger partial charge is 0.00554 e. The summed E-state index contributed by atoms with van der Waals surface area (Å²) < 4.78 is 4.31. The van der Waals surface area contributed by atoms with E-state index in [1.807, 2.05) is 12.1 Å². The fraction of sp³-hybridized carbons (Fsp3) is 0.0345. The molecule has 0 aliphatic rings. The maximum Gasteiger partial charge on any atom is 0.00554 e. The van der Waals surface area contributed by atoms with Gasteiger partial charge in [0.15, 0.2) is 0 Å². The van der Waals surface area contributed by atoms with Crippen LogP contribution in [0.15, 0.2) is 121 Å². The third-order valence-corrected chi connectivity index (χ3v) is 5.32. The summed E-state index contributed by atoms with van der Waals surface area (Å²) in [6.45, 7) is 2.12. The number of nitrogens with two attached hydrogens (primary N) is 2. The highest BCUT2D eigenvalue weighted by molar-refractivity contribution is 9.07. The Kier molecular flexibility index (Phi) is 8.61. The van der Waals surface area contributed by atoms with Gasteiger partial charge >= 0.3 is 0 Å². The van der Waals surface area contributed by atoms with Crippen LogP contribution in [0, 0.1) is 0 Å². The van der Waals surface area contributed by atoms with Gasteiger partial charge in [-0.1, -0.05) is 109 Å². The Labute approximate surface area is 199 Å². The van der Waals surface area contributed by atoms with E-state index in [9.17, 15) is 0 Å². The Morgan fingerprint density at radius 3 is 1.34 bits per heavy atom. The first-order valence-corrected chi connectivity index (χ1v) is 11.3. The Morgan fingerprint density at radius 2 is 0.938 bits per heavy atom. The van der Waals surface area contributed by atoms with E-state index in [0.29, 0.717) is 0 Å². The first-order chi connectivity index (χ1) is 15.7. The Bertz CT molecular complexity index is 1160. The molecular formula is C29H27BrN2. The second-order valence-corrected chi connectivity index (χ2v) is 7.34. The van der Waals surface area contributed by atoms with Crippen LogP contribution in [-0.2, 0) is 0 Å².